The van der Waals surface area contributed by atoms with E-state index in [9.17, 15) is 5.11 Å². The van der Waals surface area contributed by atoms with Crippen LogP contribution in [-0.4, -0.2) is 19.6 Å². The molecule has 0 amide bonds. The Kier molecular flexibility index (Phi) is 4.12. The van der Waals surface area contributed by atoms with E-state index in [0.717, 1.165) is 10.7 Å². The zero-order valence-corrected chi connectivity index (χ0v) is 14.6. The molecule has 122 valence electrons. The highest BCUT2D eigenvalue weighted by molar-refractivity contribution is 7.11. The van der Waals surface area contributed by atoms with Crippen molar-refractivity contribution >= 4 is 11.3 Å². The Hall–Kier alpha value is -1.92. The second-order valence-electron chi connectivity index (χ2n) is 6.60. The Morgan fingerprint density at radius 2 is 2.17 bits per heavy atom. The van der Waals surface area contributed by atoms with Crippen molar-refractivity contribution in [2.75, 3.05) is 0 Å². The van der Waals surface area contributed by atoms with Gasteiger partial charge in [0, 0.05) is 17.3 Å². The van der Waals surface area contributed by atoms with Crippen molar-refractivity contribution in [2.24, 2.45) is 0 Å². The number of furan rings is 1. The van der Waals surface area contributed by atoms with Crippen LogP contribution in [0.15, 0.2) is 35.2 Å². The molecule has 0 bridgehead atoms. The maximum atomic E-state index is 10.4. The Bertz CT molecular complexity index is 781. The summed E-state index contributed by atoms with van der Waals surface area (Å²) in [7, 11) is 0. The molecule has 0 spiro atoms. The van der Waals surface area contributed by atoms with Gasteiger partial charge in [0.05, 0.1) is 18.5 Å². The van der Waals surface area contributed by atoms with Crippen molar-refractivity contribution in [3.63, 3.8) is 0 Å². The lowest BCUT2D eigenvalue weighted by Crippen LogP contribution is -2.10. The number of aliphatic hydroxyl groups is 1. The molecule has 23 heavy (non-hydrogen) atoms. The average molecular weight is 331 g/mol. The van der Waals surface area contributed by atoms with Gasteiger partial charge in [-0.15, -0.1) is 11.3 Å². The molecule has 0 saturated carbocycles. The van der Waals surface area contributed by atoms with Crippen molar-refractivity contribution in [3.05, 3.63) is 58.0 Å². The number of imidazole rings is 1. The van der Waals surface area contributed by atoms with Crippen LogP contribution in [0, 0.1) is 6.92 Å². The molecule has 3 heterocycles. The Balaban J connectivity index is 1.86. The fourth-order valence-corrected chi connectivity index (χ4v) is 3.76. The Morgan fingerprint density at radius 1 is 1.39 bits per heavy atom. The van der Waals surface area contributed by atoms with E-state index in [1.807, 2.05) is 17.7 Å². The molecule has 3 rings (SSSR count). The molecule has 3 aromatic rings. The fourth-order valence-electron chi connectivity index (χ4n) is 2.64. The van der Waals surface area contributed by atoms with Crippen LogP contribution < -0.4 is 0 Å². The quantitative estimate of drug-likeness (QED) is 0.792. The predicted octanol–water partition coefficient (Wildman–Crippen LogP) is 3.67. The largest absolute Gasteiger partial charge is 0.466 e. The summed E-state index contributed by atoms with van der Waals surface area (Å²) in [6.45, 7) is 9.23. The number of nitrogens with zero attached hydrogens (tertiary/aromatic N) is 3. The predicted molar refractivity (Wildman–Crippen MR) is 89.6 cm³/mol. The zero-order chi connectivity index (χ0) is 16.6. The first-order valence-electron chi connectivity index (χ1n) is 7.55. The lowest BCUT2D eigenvalue weighted by Gasteiger charge is -2.16. The highest BCUT2D eigenvalue weighted by atomic mass is 32.1. The summed E-state index contributed by atoms with van der Waals surface area (Å²) in [6, 6.07) is 3.50. The van der Waals surface area contributed by atoms with Crippen molar-refractivity contribution in [1.82, 2.24) is 14.5 Å². The molecule has 6 heteroatoms. The standard InChI is InChI=1S/C17H21N3O2S/c1-11-15(17(2,3)4)23-13(19-11)10-20-8-7-18-16(20)14(21)12-6-5-9-22-12/h5-9,14,21H,10H2,1-4H3. The minimum Gasteiger partial charge on any atom is -0.466 e. The van der Waals surface area contributed by atoms with E-state index in [2.05, 4.69) is 30.7 Å². The fraction of sp³-hybridized carbons (Fsp3) is 0.412. The zero-order valence-electron chi connectivity index (χ0n) is 13.8. The Morgan fingerprint density at radius 3 is 2.78 bits per heavy atom. The van der Waals surface area contributed by atoms with Gasteiger partial charge in [-0.25, -0.2) is 9.97 Å². The third kappa shape index (κ3) is 3.23. The SMILES string of the molecule is Cc1nc(Cn2ccnc2C(O)c2ccco2)sc1C(C)(C)C. The number of hydrogen-bond acceptors (Lipinski definition) is 5. The van der Waals surface area contributed by atoms with Crippen molar-refractivity contribution in [2.45, 2.75) is 45.8 Å². The van der Waals surface area contributed by atoms with E-state index < -0.39 is 6.10 Å². The first kappa shape index (κ1) is 16.0. The molecule has 1 unspecified atom stereocenters. The smallest absolute Gasteiger partial charge is 0.169 e. The summed E-state index contributed by atoms with van der Waals surface area (Å²) in [6.07, 6.45) is 4.22. The van der Waals surface area contributed by atoms with E-state index in [1.54, 1.807) is 35.9 Å². The second kappa shape index (κ2) is 5.94. The minimum absolute atomic E-state index is 0.0887. The normalized spacial score (nSPS) is 13.4. The molecule has 1 atom stereocenters. The van der Waals surface area contributed by atoms with E-state index in [0.29, 0.717) is 18.1 Å². The molecule has 0 aliphatic heterocycles. The second-order valence-corrected chi connectivity index (χ2v) is 7.69. The van der Waals surface area contributed by atoms with Gasteiger partial charge < -0.3 is 14.1 Å². The van der Waals surface area contributed by atoms with Crippen LogP contribution in [0.25, 0.3) is 0 Å². The lowest BCUT2D eigenvalue weighted by molar-refractivity contribution is 0.176. The highest BCUT2D eigenvalue weighted by Crippen LogP contribution is 2.32. The van der Waals surface area contributed by atoms with Crippen LogP contribution in [0.1, 0.15) is 54.0 Å². The average Bonchev–Trinajstić information content (AvgIpc) is 3.18. The van der Waals surface area contributed by atoms with Crippen LogP contribution in [0.5, 0.6) is 0 Å². The van der Waals surface area contributed by atoms with Crippen LogP contribution >= 0.6 is 11.3 Å². The van der Waals surface area contributed by atoms with Gasteiger partial charge in [-0.05, 0) is 24.5 Å². The van der Waals surface area contributed by atoms with E-state index >= 15 is 0 Å². The molecule has 5 nitrogen and oxygen atoms in total. The number of hydrogen-bond donors (Lipinski definition) is 1. The minimum atomic E-state index is -0.872. The van der Waals surface area contributed by atoms with Gasteiger partial charge in [0.2, 0.25) is 0 Å². The first-order chi connectivity index (χ1) is 10.9. The maximum absolute atomic E-state index is 10.4. The van der Waals surface area contributed by atoms with Gasteiger partial charge in [-0.3, -0.25) is 0 Å². The molecule has 0 aliphatic carbocycles. The monoisotopic (exact) mass is 331 g/mol. The molecule has 0 radical (unpaired) electrons. The number of aryl methyl sites for hydroxylation is 1. The van der Waals surface area contributed by atoms with Gasteiger partial charge in [0.1, 0.15) is 16.6 Å². The summed E-state index contributed by atoms with van der Waals surface area (Å²) in [5.41, 5.74) is 1.16. The summed E-state index contributed by atoms with van der Waals surface area (Å²) in [5, 5.41) is 11.4. The van der Waals surface area contributed by atoms with Crippen molar-refractivity contribution in [3.8, 4) is 0 Å². The van der Waals surface area contributed by atoms with Gasteiger partial charge >= 0.3 is 0 Å². The van der Waals surface area contributed by atoms with Gasteiger partial charge in [0.25, 0.3) is 0 Å². The van der Waals surface area contributed by atoms with E-state index in [4.69, 9.17) is 4.42 Å². The molecule has 0 fully saturated rings. The van der Waals surface area contributed by atoms with E-state index in [1.165, 1.54) is 4.88 Å². The molecular formula is C17H21N3O2S. The third-order valence-electron chi connectivity index (χ3n) is 3.63. The van der Waals surface area contributed by atoms with Crippen LogP contribution in [-0.2, 0) is 12.0 Å². The van der Waals surface area contributed by atoms with Crippen LogP contribution in [0.2, 0.25) is 0 Å². The van der Waals surface area contributed by atoms with Gasteiger partial charge in [0.15, 0.2) is 6.10 Å². The Labute approximate surface area is 139 Å². The summed E-state index contributed by atoms with van der Waals surface area (Å²) >= 11 is 1.72. The van der Waals surface area contributed by atoms with Crippen molar-refractivity contribution in [1.29, 1.82) is 0 Å². The third-order valence-corrected chi connectivity index (χ3v) is 5.20. The van der Waals surface area contributed by atoms with Gasteiger partial charge in [-0.1, -0.05) is 20.8 Å². The van der Waals surface area contributed by atoms with Crippen molar-refractivity contribution < 1.29 is 9.52 Å². The summed E-state index contributed by atoms with van der Waals surface area (Å²) < 4.78 is 7.19. The molecular weight excluding hydrogens is 310 g/mol. The number of aromatic nitrogens is 3. The van der Waals surface area contributed by atoms with Crippen LogP contribution in [0.3, 0.4) is 0 Å². The molecule has 3 aromatic heterocycles. The summed E-state index contributed by atoms with van der Waals surface area (Å²) in [4.78, 5) is 10.2. The molecule has 0 aromatic carbocycles. The highest BCUT2D eigenvalue weighted by Gasteiger charge is 2.23. The number of aliphatic hydroxyl groups excluding tert-OH is 1. The molecule has 1 N–H and O–H groups in total. The maximum Gasteiger partial charge on any atom is 0.169 e. The number of thiazole rings is 1. The first-order valence-corrected chi connectivity index (χ1v) is 8.37. The van der Waals surface area contributed by atoms with E-state index in [-0.39, 0.29) is 5.41 Å². The summed E-state index contributed by atoms with van der Waals surface area (Å²) in [5.74, 6) is 1.05. The van der Waals surface area contributed by atoms with Crippen LogP contribution in [0.4, 0.5) is 0 Å². The molecule has 0 aliphatic rings. The topological polar surface area (TPSA) is 64.1 Å². The number of rotatable bonds is 4. The van der Waals surface area contributed by atoms with Gasteiger partial charge in [-0.2, -0.15) is 0 Å². The lowest BCUT2D eigenvalue weighted by atomic mass is 9.94. The molecule has 0 saturated heterocycles.